The predicted molar refractivity (Wildman–Crippen MR) is 108 cm³/mol. The summed E-state index contributed by atoms with van der Waals surface area (Å²) >= 11 is 0. The summed E-state index contributed by atoms with van der Waals surface area (Å²) in [6.07, 6.45) is 1.26. The average molecular weight is 377 g/mol. The number of hydrogen-bond donors (Lipinski definition) is 1. The smallest absolute Gasteiger partial charge is 0.127 e. The second kappa shape index (κ2) is 8.55. The molecule has 2 unspecified atom stereocenters. The van der Waals surface area contributed by atoms with Gasteiger partial charge in [-0.25, -0.2) is 4.39 Å². The molecule has 3 nitrogen and oxygen atoms in total. The standard InChI is InChI=1S/C24H24FNO2/c25-20-8-12-23(13-9-20)28-22-10-6-19(7-11-22)24-16-21(27)14-15-26(24)17-18-4-2-1-3-5-18/h1-13,21,24,27H,14-17H2. The Morgan fingerprint density at radius 2 is 1.54 bits per heavy atom. The molecule has 2 atom stereocenters. The van der Waals surface area contributed by atoms with Crippen molar-refractivity contribution in [1.29, 1.82) is 0 Å². The molecule has 0 bridgehead atoms. The van der Waals surface area contributed by atoms with Crippen LogP contribution in [0.4, 0.5) is 4.39 Å². The minimum Gasteiger partial charge on any atom is -0.457 e. The molecule has 144 valence electrons. The van der Waals surface area contributed by atoms with Crippen LogP contribution >= 0.6 is 0 Å². The number of likely N-dealkylation sites (tertiary alicyclic amines) is 1. The SMILES string of the molecule is OC1CCN(Cc2ccccc2)C(c2ccc(Oc3ccc(F)cc3)cc2)C1. The van der Waals surface area contributed by atoms with Gasteiger partial charge in [0.25, 0.3) is 0 Å². The maximum Gasteiger partial charge on any atom is 0.127 e. The van der Waals surface area contributed by atoms with Gasteiger partial charge in [-0.05, 0) is 60.4 Å². The van der Waals surface area contributed by atoms with E-state index in [1.54, 1.807) is 12.1 Å². The van der Waals surface area contributed by atoms with Gasteiger partial charge in [0.1, 0.15) is 17.3 Å². The maximum atomic E-state index is 13.0. The van der Waals surface area contributed by atoms with Crippen molar-refractivity contribution in [3.8, 4) is 11.5 Å². The van der Waals surface area contributed by atoms with Crippen LogP contribution in [0.15, 0.2) is 78.9 Å². The van der Waals surface area contributed by atoms with Gasteiger partial charge >= 0.3 is 0 Å². The molecule has 1 heterocycles. The lowest BCUT2D eigenvalue weighted by Crippen LogP contribution is -2.38. The molecule has 1 fully saturated rings. The first-order valence-corrected chi connectivity index (χ1v) is 9.67. The van der Waals surface area contributed by atoms with Crippen LogP contribution < -0.4 is 4.74 Å². The Labute approximate surface area is 165 Å². The van der Waals surface area contributed by atoms with Crippen LogP contribution in [0, 0.1) is 5.82 Å². The van der Waals surface area contributed by atoms with Crippen LogP contribution in [0.2, 0.25) is 0 Å². The molecule has 1 N–H and O–H groups in total. The Hall–Kier alpha value is -2.69. The number of aliphatic hydroxyl groups excluding tert-OH is 1. The van der Waals surface area contributed by atoms with E-state index in [0.29, 0.717) is 11.5 Å². The average Bonchev–Trinajstić information content (AvgIpc) is 2.72. The molecular formula is C24H24FNO2. The third-order valence-corrected chi connectivity index (χ3v) is 5.23. The summed E-state index contributed by atoms with van der Waals surface area (Å²) in [5, 5.41) is 10.2. The van der Waals surface area contributed by atoms with Crippen LogP contribution in [0.3, 0.4) is 0 Å². The summed E-state index contributed by atoms with van der Waals surface area (Å²) in [4.78, 5) is 2.43. The first-order valence-electron chi connectivity index (χ1n) is 9.67. The number of hydrogen-bond acceptors (Lipinski definition) is 3. The summed E-state index contributed by atoms with van der Waals surface area (Å²) in [5.74, 6) is 1.03. The lowest BCUT2D eigenvalue weighted by Gasteiger charge is -2.38. The van der Waals surface area contributed by atoms with E-state index in [1.807, 2.05) is 18.2 Å². The van der Waals surface area contributed by atoms with E-state index in [0.717, 1.165) is 25.9 Å². The molecule has 0 amide bonds. The van der Waals surface area contributed by atoms with E-state index in [4.69, 9.17) is 4.74 Å². The van der Waals surface area contributed by atoms with Gasteiger partial charge in [-0.3, -0.25) is 4.90 Å². The molecule has 0 radical (unpaired) electrons. The molecule has 1 aliphatic rings. The molecular weight excluding hydrogens is 353 g/mol. The molecule has 3 aromatic carbocycles. The summed E-state index contributed by atoms with van der Waals surface area (Å²) in [7, 11) is 0. The van der Waals surface area contributed by atoms with Gasteiger partial charge in [-0.2, -0.15) is 0 Å². The van der Waals surface area contributed by atoms with E-state index in [2.05, 4.69) is 41.3 Å². The second-order valence-electron chi connectivity index (χ2n) is 7.28. The van der Waals surface area contributed by atoms with Crippen molar-refractivity contribution in [3.63, 3.8) is 0 Å². The minimum absolute atomic E-state index is 0.170. The third kappa shape index (κ3) is 4.58. The number of piperidine rings is 1. The normalized spacial score (nSPS) is 20.1. The van der Waals surface area contributed by atoms with Gasteiger partial charge in [-0.1, -0.05) is 42.5 Å². The lowest BCUT2D eigenvalue weighted by molar-refractivity contribution is 0.0364. The van der Waals surface area contributed by atoms with E-state index in [-0.39, 0.29) is 18.0 Å². The van der Waals surface area contributed by atoms with Crippen LogP contribution in [0.1, 0.15) is 30.0 Å². The summed E-state index contributed by atoms with van der Waals surface area (Å²) in [6, 6.07) is 24.6. The van der Waals surface area contributed by atoms with Gasteiger partial charge in [0, 0.05) is 19.1 Å². The van der Waals surface area contributed by atoms with Gasteiger partial charge in [0.05, 0.1) is 6.10 Å². The Morgan fingerprint density at radius 1 is 0.893 bits per heavy atom. The first-order chi connectivity index (χ1) is 13.7. The van der Waals surface area contributed by atoms with Crippen molar-refractivity contribution >= 4 is 0 Å². The Bertz CT molecular complexity index is 881. The Kier molecular flexibility index (Phi) is 5.70. The molecule has 1 saturated heterocycles. The molecule has 1 aliphatic heterocycles. The van der Waals surface area contributed by atoms with Crippen molar-refractivity contribution in [2.24, 2.45) is 0 Å². The summed E-state index contributed by atoms with van der Waals surface area (Å²) in [5.41, 5.74) is 2.45. The van der Waals surface area contributed by atoms with Crippen molar-refractivity contribution in [1.82, 2.24) is 4.90 Å². The molecule has 28 heavy (non-hydrogen) atoms. The monoisotopic (exact) mass is 377 g/mol. The molecule has 4 rings (SSSR count). The first kappa shape index (κ1) is 18.7. The zero-order chi connectivity index (χ0) is 19.3. The fourth-order valence-electron chi connectivity index (χ4n) is 3.75. The van der Waals surface area contributed by atoms with Crippen LogP contribution in [-0.2, 0) is 6.54 Å². The summed E-state index contributed by atoms with van der Waals surface area (Å²) < 4.78 is 18.8. The molecule has 4 heteroatoms. The van der Waals surface area contributed by atoms with Crippen LogP contribution in [0.5, 0.6) is 11.5 Å². The lowest BCUT2D eigenvalue weighted by atomic mass is 9.93. The van der Waals surface area contributed by atoms with Crippen LogP contribution in [-0.4, -0.2) is 22.7 Å². The fraction of sp³-hybridized carbons (Fsp3) is 0.250. The van der Waals surface area contributed by atoms with Gasteiger partial charge in [0.15, 0.2) is 0 Å². The number of halogens is 1. The fourth-order valence-corrected chi connectivity index (χ4v) is 3.75. The van der Waals surface area contributed by atoms with Gasteiger partial charge in [-0.15, -0.1) is 0 Å². The number of aliphatic hydroxyl groups is 1. The molecule has 0 aromatic heterocycles. The minimum atomic E-state index is -0.280. The predicted octanol–water partition coefficient (Wildman–Crippen LogP) is 5.32. The number of rotatable bonds is 5. The molecule has 0 spiro atoms. The van der Waals surface area contributed by atoms with E-state index in [9.17, 15) is 9.50 Å². The highest BCUT2D eigenvalue weighted by atomic mass is 19.1. The van der Waals surface area contributed by atoms with E-state index < -0.39 is 0 Å². The highest BCUT2D eigenvalue weighted by Crippen LogP contribution is 2.33. The highest BCUT2D eigenvalue weighted by molar-refractivity contribution is 5.34. The van der Waals surface area contributed by atoms with Crippen molar-refractivity contribution in [3.05, 3.63) is 95.8 Å². The van der Waals surface area contributed by atoms with Gasteiger partial charge < -0.3 is 9.84 Å². The van der Waals surface area contributed by atoms with Crippen molar-refractivity contribution in [2.75, 3.05) is 6.54 Å². The zero-order valence-electron chi connectivity index (χ0n) is 15.7. The van der Waals surface area contributed by atoms with E-state index >= 15 is 0 Å². The van der Waals surface area contributed by atoms with Gasteiger partial charge in [0.2, 0.25) is 0 Å². The maximum absolute atomic E-state index is 13.0. The summed E-state index contributed by atoms with van der Waals surface area (Å²) in [6.45, 7) is 1.74. The zero-order valence-corrected chi connectivity index (χ0v) is 15.7. The Balaban J connectivity index is 1.49. The van der Waals surface area contributed by atoms with Crippen molar-refractivity contribution < 1.29 is 14.2 Å². The molecule has 0 aliphatic carbocycles. The number of benzene rings is 3. The van der Waals surface area contributed by atoms with Crippen molar-refractivity contribution in [2.45, 2.75) is 31.5 Å². The van der Waals surface area contributed by atoms with Crippen LogP contribution in [0.25, 0.3) is 0 Å². The molecule has 3 aromatic rings. The van der Waals surface area contributed by atoms with E-state index in [1.165, 1.54) is 23.3 Å². The third-order valence-electron chi connectivity index (χ3n) is 5.23. The second-order valence-corrected chi connectivity index (χ2v) is 7.28. The quantitative estimate of drug-likeness (QED) is 0.653. The Morgan fingerprint density at radius 3 is 2.21 bits per heavy atom. The number of nitrogens with zero attached hydrogens (tertiary/aromatic N) is 1. The highest BCUT2D eigenvalue weighted by Gasteiger charge is 2.28. The number of ether oxygens (including phenoxy) is 1. The largest absolute Gasteiger partial charge is 0.457 e. The topological polar surface area (TPSA) is 32.7 Å². The molecule has 0 saturated carbocycles.